The van der Waals surface area contributed by atoms with Crippen molar-refractivity contribution < 1.29 is 13.2 Å². The van der Waals surface area contributed by atoms with Gasteiger partial charge >= 0.3 is 0 Å². The highest BCUT2D eigenvalue weighted by Crippen LogP contribution is 2.50. The largest absolute Gasteiger partial charge is 0.488 e. The van der Waals surface area contributed by atoms with Gasteiger partial charge in [0.25, 0.3) is 0 Å². The highest BCUT2D eigenvalue weighted by Gasteiger charge is 2.50. The third-order valence-corrected chi connectivity index (χ3v) is 9.36. The molecule has 0 amide bonds. The number of fused-ring (bicyclic) bond motifs is 3. The first-order valence-electron chi connectivity index (χ1n) is 7.36. The predicted octanol–water partition coefficient (Wildman–Crippen LogP) is 4.01. The summed E-state index contributed by atoms with van der Waals surface area (Å²) in [7, 11) is -3.26. The van der Waals surface area contributed by atoms with Gasteiger partial charge in [0.05, 0.1) is 0 Å². The molecule has 0 N–H and O–H groups in total. The van der Waals surface area contributed by atoms with Crippen LogP contribution < -0.4 is 4.74 Å². The second-order valence-corrected chi connectivity index (χ2v) is 10.9. The molecule has 114 valence electrons. The lowest BCUT2D eigenvalue weighted by Crippen LogP contribution is -2.48. The van der Waals surface area contributed by atoms with Crippen molar-refractivity contribution in [3.8, 4) is 5.75 Å². The Morgan fingerprint density at radius 1 is 1.10 bits per heavy atom. The number of sulfone groups is 1. The van der Waals surface area contributed by atoms with Crippen LogP contribution in [0, 0.1) is 19.0 Å². The summed E-state index contributed by atoms with van der Waals surface area (Å²) < 4.78 is 34.1. The molecule has 6 heteroatoms. The maximum atomic E-state index is 13.1. The van der Waals surface area contributed by atoms with Gasteiger partial charge in [0, 0.05) is 7.14 Å². The number of halogens is 2. The second kappa shape index (κ2) is 5.22. The average Bonchev–Trinajstić information content (AvgIpc) is 2.82. The minimum atomic E-state index is -3.26. The number of benzene rings is 1. The molecule has 21 heavy (non-hydrogen) atoms. The van der Waals surface area contributed by atoms with Crippen molar-refractivity contribution in [1.82, 2.24) is 0 Å². The van der Waals surface area contributed by atoms with Crippen LogP contribution in [0.4, 0.5) is 0 Å². The van der Waals surface area contributed by atoms with E-state index in [1.54, 1.807) is 0 Å². The van der Waals surface area contributed by atoms with Gasteiger partial charge in [0.15, 0.2) is 9.84 Å². The van der Waals surface area contributed by atoms with Gasteiger partial charge < -0.3 is 4.74 Å². The summed E-state index contributed by atoms with van der Waals surface area (Å²) in [6.45, 7) is 0. The van der Waals surface area contributed by atoms with Crippen LogP contribution in [-0.2, 0) is 9.84 Å². The fourth-order valence-corrected chi connectivity index (χ4v) is 9.10. The Kier molecular flexibility index (Phi) is 3.73. The molecule has 0 aromatic heterocycles. The number of rotatable bonds is 0. The molecular weight excluding hydrogens is 514 g/mol. The van der Waals surface area contributed by atoms with Crippen LogP contribution in [0.25, 0.3) is 0 Å². The van der Waals surface area contributed by atoms with Crippen LogP contribution in [0.3, 0.4) is 0 Å². The summed E-state index contributed by atoms with van der Waals surface area (Å²) in [5.41, 5.74) is 0. The molecule has 4 atom stereocenters. The summed E-state index contributed by atoms with van der Waals surface area (Å²) in [5.74, 6) is 1.83. The van der Waals surface area contributed by atoms with Crippen LogP contribution in [0.5, 0.6) is 5.75 Å². The Morgan fingerprint density at radius 3 is 2.57 bits per heavy atom. The van der Waals surface area contributed by atoms with Crippen LogP contribution >= 0.6 is 45.2 Å². The van der Waals surface area contributed by atoms with Gasteiger partial charge in [-0.2, -0.15) is 0 Å². The molecule has 3 nitrogen and oxygen atoms in total. The molecule has 0 saturated heterocycles. The normalized spacial score (nSPS) is 36.3. The minimum absolute atomic E-state index is 0.143. The lowest BCUT2D eigenvalue weighted by molar-refractivity contribution is 0.0945. The van der Waals surface area contributed by atoms with Crippen molar-refractivity contribution in [3.63, 3.8) is 0 Å². The number of hydrogen-bond donors (Lipinski definition) is 0. The van der Waals surface area contributed by atoms with Gasteiger partial charge in [-0.3, -0.25) is 0 Å². The van der Waals surface area contributed by atoms with Gasteiger partial charge in [-0.25, -0.2) is 8.42 Å². The molecule has 0 radical (unpaired) electrons. The molecule has 4 rings (SSSR count). The Labute approximate surface area is 152 Å². The van der Waals surface area contributed by atoms with E-state index in [9.17, 15) is 8.42 Å². The van der Waals surface area contributed by atoms with Crippen molar-refractivity contribution in [2.24, 2.45) is 11.8 Å². The second-order valence-electron chi connectivity index (χ2n) is 6.38. The molecular formula is C15H16I2O3S. The monoisotopic (exact) mass is 530 g/mol. The smallest absolute Gasteiger partial charge is 0.189 e. The van der Waals surface area contributed by atoms with Gasteiger partial charge in [-0.15, -0.1) is 0 Å². The van der Waals surface area contributed by atoms with E-state index >= 15 is 0 Å². The minimum Gasteiger partial charge on any atom is -0.488 e. The highest BCUT2D eigenvalue weighted by molar-refractivity contribution is 14.1. The van der Waals surface area contributed by atoms with E-state index in [2.05, 4.69) is 45.2 Å². The Balaban J connectivity index is 1.82. The molecule has 2 saturated carbocycles. The lowest BCUT2D eigenvalue weighted by Gasteiger charge is -2.41. The average molecular weight is 530 g/mol. The first-order chi connectivity index (χ1) is 9.96. The molecule has 3 aliphatic rings. The summed E-state index contributed by atoms with van der Waals surface area (Å²) >= 11 is 4.34. The quantitative estimate of drug-likeness (QED) is 0.477. The van der Waals surface area contributed by atoms with Crippen molar-refractivity contribution in [3.05, 3.63) is 19.3 Å². The molecule has 2 aliphatic carbocycles. The van der Waals surface area contributed by atoms with Crippen molar-refractivity contribution in [2.45, 2.75) is 48.4 Å². The fourth-order valence-electron chi connectivity index (χ4n) is 4.30. The van der Waals surface area contributed by atoms with E-state index in [4.69, 9.17) is 4.74 Å². The van der Waals surface area contributed by atoms with Gasteiger partial charge in [0.1, 0.15) is 22.0 Å². The van der Waals surface area contributed by atoms with Gasteiger partial charge in [-0.1, -0.05) is 19.3 Å². The molecule has 4 unspecified atom stereocenters. The fraction of sp³-hybridized carbons (Fsp3) is 0.600. The number of hydrogen-bond acceptors (Lipinski definition) is 3. The molecule has 1 aliphatic heterocycles. The highest BCUT2D eigenvalue weighted by atomic mass is 127. The summed E-state index contributed by atoms with van der Waals surface area (Å²) in [5, 5.41) is -0.335. The first kappa shape index (κ1) is 15.0. The van der Waals surface area contributed by atoms with Gasteiger partial charge in [-0.05, 0) is 82.0 Å². The van der Waals surface area contributed by atoms with E-state index in [-0.39, 0.29) is 11.4 Å². The molecule has 0 bridgehead atoms. The van der Waals surface area contributed by atoms with E-state index in [0.29, 0.717) is 22.5 Å². The zero-order chi connectivity index (χ0) is 14.8. The van der Waals surface area contributed by atoms with E-state index in [1.165, 1.54) is 19.3 Å². The van der Waals surface area contributed by atoms with Crippen LogP contribution in [-0.4, -0.2) is 19.8 Å². The van der Waals surface area contributed by atoms with E-state index < -0.39 is 9.84 Å². The maximum absolute atomic E-state index is 13.1. The molecule has 1 aromatic carbocycles. The van der Waals surface area contributed by atoms with Crippen LogP contribution in [0.2, 0.25) is 0 Å². The molecule has 1 heterocycles. The van der Waals surface area contributed by atoms with E-state index in [0.717, 1.165) is 20.0 Å². The number of ether oxygens (including phenoxy) is 1. The van der Waals surface area contributed by atoms with Gasteiger partial charge in [0.2, 0.25) is 0 Å². The summed E-state index contributed by atoms with van der Waals surface area (Å²) in [6, 6.07) is 3.79. The first-order valence-corrected chi connectivity index (χ1v) is 11.1. The van der Waals surface area contributed by atoms with Crippen molar-refractivity contribution in [2.75, 3.05) is 0 Å². The third kappa shape index (κ3) is 2.34. The molecule has 2 fully saturated rings. The Bertz CT molecular complexity index is 701. The van der Waals surface area contributed by atoms with Crippen molar-refractivity contribution >= 4 is 55.0 Å². The zero-order valence-corrected chi connectivity index (χ0v) is 16.5. The SMILES string of the molecule is O=S1(=O)c2c(I)cc(I)cc2OC2CC3CCCC3CC21. The van der Waals surface area contributed by atoms with E-state index in [1.807, 2.05) is 12.1 Å². The lowest BCUT2D eigenvalue weighted by atomic mass is 9.80. The van der Waals surface area contributed by atoms with Crippen LogP contribution in [0.15, 0.2) is 17.0 Å². The van der Waals surface area contributed by atoms with Crippen molar-refractivity contribution in [1.29, 1.82) is 0 Å². The summed E-state index contributed by atoms with van der Waals surface area (Å²) in [6.07, 6.45) is 5.25. The molecule has 1 aromatic rings. The summed E-state index contributed by atoms with van der Waals surface area (Å²) in [4.78, 5) is 0.432. The standard InChI is InChI=1S/C15H16I2O3S/c16-10-6-11(17)15-13(7-10)20-12-4-8-2-1-3-9(8)5-14(12)21(15,18)19/h6-9,12,14H,1-5H2. The third-order valence-electron chi connectivity index (χ3n) is 5.24. The Morgan fingerprint density at radius 2 is 1.81 bits per heavy atom. The molecule has 0 spiro atoms. The Hall–Kier alpha value is 0.430. The zero-order valence-electron chi connectivity index (χ0n) is 11.4. The maximum Gasteiger partial charge on any atom is 0.189 e. The topological polar surface area (TPSA) is 43.4 Å². The van der Waals surface area contributed by atoms with Crippen LogP contribution in [0.1, 0.15) is 32.1 Å². The predicted molar refractivity (Wildman–Crippen MR) is 97.3 cm³/mol.